The van der Waals surface area contributed by atoms with Crippen LogP contribution in [0.4, 0.5) is 5.69 Å². The average Bonchev–Trinajstić information content (AvgIpc) is 3.04. The number of aromatic nitrogens is 1. The first-order valence-electron chi connectivity index (χ1n) is 9.29. The highest BCUT2D eigenvalue weighted by Gasteiger charge is 2.34. The number of amides is 1. The average molecular weight is 361 g/mol. The maximum Gasteiger partial charge on any atom is 0.255 e. The zero-order valence-electron chi connectivity index (χ0n) is 15.3. The van der Waals surface area contributed by atoms with E-state index in [9.17, 15) is 9.59 Å². The summed E-state index contributed by atoms with van der Waals surface area (Å²) >= 11 is 0. The highest BCUT2D eigenvalue weighted by Crippen LogP contribution is 2.27. The van der Waals surface area contributed by atoms with Gasteiger partial charge in [-0.3, -0.25) is 14.5 Å². The topological polar surface area (TPSA) is 65.2 Å². The molecule has 27 heavy (non-hydrogen) atoms. The molecule has 1 saturated heterocycles. The van der Waals surface area contributed by atoms with Crippen LogP contribution in [-0.2, 0) is 11.3 Å². The Hall–Kier alpha value is -2.92. The molecule has 3 aromatic rings. The normalized spacial score (nSPS) is 20.0. The Morgan fingerprint density at radius 2 is 1.89 bits per heavy atom. The number of carbonyl (C=O) groups is 1. The molecular formula is C22H23N3O2. The van der Waals surface area contributed by atoms with Crippen LogP contribution in [0.5, 0.6) is 0 Å². The summed E-state index contributed by atoms with van der Waals surface area (Å²) in [5.41, 5.74) is 1.81. The molecule has 2 atom stereocenters. The van der Waals surface area contributed by atoms with Crippen LogP contribution in [0.15, 0.2) is 65.6 Å². The lowest BCUT2D eigenvalue weighted by molar-refractivity contribution is -0.120. The molecule has 2 N–H and O–H groups in total. The molecule has 1 fully saturated rings. The Labute approximate surface area is 158 Å². The number of anilines is 1. The molecule has 1 aromatic heterocycles. The Kier molecular flexibility index (Phi) is 4.77. The fraction of sp³-hybridized carbons (Fsp3) is 0.273. The second-order valence-electron chi connectivity index (χ2n) is 7.33. The molecule has 0 bridgehead atoms. The summed E-state index contributed by atoms with van der Waals surface area (Å²) < 4.78 is 0. The minimum atomic E-state index is -0.146. The number of H-pyrrole nitrogens is 1. The highest BCUT2D eigenvalue weighted by molar-refractivity contribution is 6.02. The number of aromatic amines is 1. The number of likely N-dealkylation sites (tertiary alicyclic amines) is 1. The summed E-state index contributed by atoms with van der Waals surface area (Å²) in [7, 11) is 0. The Balaban J connectivity index is 1.49. The molecule has 138 valence electrons. The number of rotatable bonds is 4. The number of hydrogen-bond donors (Lipinski definition) is 2. The van der Waals surface area contributed by atoms with Crippen molar-refractivity contribution in [3.63, 3.8) is 0 Å². The Morgan fingerprint density at radius 3 is 2.70 bits per heavy atom. The second-order valence-corrected chi connectivity index (χ2v) is 7.33. The molecule has 5 nitrogen and oxygen atoms in total. The lowest BCUT2D eigenvalue weighted by atomic mass is 9.97. The maximum absolute atomic E-state index is 12.9. The van der Waals surface area contributed by atoms with E-state index >= 15 is 0 Å². The summed E-state index contributed by atoms with van der Waals surface area (Å²) in [5, 5.41) is 4.40. The maximum atomic E-state index is 12.9. The molecule has 2 heterocycles. The molecule has 2 aromatic carbocycles. The van der Waals surface area contributed by atoms with E-state index in [1.165, 1.54) is 5.56 Å². The van der Waals surface area contributed by atoms with Gasteiger partial charge in [-0.25, -0.2) is 0 Å². The van der Waals surface area contributed by atoms with Crippen molar-refractivity contribution >= 4 is 22.4 Å². The van der Waals surface area contributed by atoms with Crippen molar-refractivity contribution in [2.24, 2.45) is 11.8 Å². The predicted molar refractivity (Wildman–Crippen MR) is 108 cm³/mol. The number of nitrogens with one attached hydrogen (secondary N) is 2. The van der Waals surface area contributed by atoms with E-state index in [1.54, 1.807) is 18.3 Å². The largest absolute Gasteiger partial charge is 0.329 e. The molecule has 0 radical (unpaired) electrons. The fourth-order valence-corrected chi connectivity index (χ4v) is 3.93. The van der Waals surface area contributed by atoms with E-state index in [2.05, 4.69) is 34.3 Å². The van der Waals surface area contributed by atoms with E-state index in [4.69, 9.17) is 0 Å². The molecule has 5 heteroatoms. The van der Waals surface area contributed by atoms with Crippen molar-refractivity contribution in [3.8, 4) is 0 Å². The number of fused-ring (bicyclic) bond motifs is 1. The molecular weight excluding hydrogens is 338 g/mol. The van der Waals surface area contributed by atoms with Gasteiger partial charge in [0.15, 0.2) is 0 Å². The quantitative estimate of drug-likeness (QED) is 0.750. The fourth-order valence-electron chi connectivity index (χ4n) is 3.93. The van der Waals surface area contributed by atoms with E-state index < -0.39 is 0 Å². The van der Waals surface area contributed by atoms with E-state index in [0.717, 1.165) is 25.0 Å². The lowest BCUT2D eigenvalue weighted by Gasteiger charge is -2.16. The van der Waals surface area contributed by atoms with Crippen molar-refractivity contribution in [1.82, 2.24) is 9.88 Å². The molecule has 0 spiro atoms. The van der Waals surface area contributed by atoms with Crippen molar-refractivity contribution in [2.75, 3.05) is 18.4 Å². The first kappa shape index (κ1) is 17.5. The number of benzene rings is 2. The molecule has 0 aliphatic carbocycles. The highest BCUT2D eigenvalue weighted by atomic mass is 16.2. The monoisotopic (exact) mass is 361 g/mol. The molecule has 0 unspecified atom stereocenters. The standard InChI is InChI=1S/C22H23N3O2/c1-15-12-25(13-16-6-3-2-4-7-16)14-19(15)22(27)24-20-9-5-8-18-17(20)10-11-23-21(18)26/h2-11,15,19H,12-14H2,1H3,(H,23,26)(H,24,27)/t15-,19-/m1/s1. The van der Waals surface area contributed by atoms with Crippen LogP contribution < -0.4 is 10.9 Å². The number of hydrogen-bond acceptors (Lipinski definition) is 3. The van der Waals surface area contributed by atoms with Gasteiger partial charge in [-0.1, -0.05) is 43.3 Å². The van der Waals surface area contributed by atoms with Crippen LogP contribution in [0.2, 0.25) is 0 Å². The van der Waals surface area contributed by atoms with Gasteiger partial charge in [0.1, 0.15) is 0 Å². The summed E-state index contributed by atoms with van der Waals surface area (Å²) in [6.45, 7) is 4.64. The van der Waals surface area contributed by atoms with Gasteiger partial charge in [-0.05, 0) is 29.7 Å². The van der Waals surface area contributed by atoms with Crippen molar-refractivity contribution < 1.29 is 4.79 Å². The Morgan fingerprint density at radius 1 is 1.07 bits per heavy atom. The van der Waals surface area contributed by atoms with Gasteiger partial charge in [-0.15, -0.1) is 0 Å². The van der Waals surface area contributed by atoms with Crippen LogP contribution in [0.1, 0.15) is 12.5 Å². The molecule has 1 amide bonds. The zero-order chi connectivity index (χ0) is 18.8. The van der Waals surface area contributed by atoms with Gasteiger partial charge in [0.05, 0.1) is 5.92 Å². The summed E-state index contributed by atoms with van der Waals surface area (Å²) in [4.78, 5) is 29.9. The van der Waals surface area contributed by atoms with Crippen LogP contribution >= 0.6 is 0 Å². The SMILES string of the molecule is C[C@@H]1CN(Cc2ccccc2)C[C@H]1C(=O)Nc1cccc2c(=O)[nH]ccc12. The third kappa shape index (κ3) is 3.64. The van der Waals surface area contributed by atoms with Gasteiger partial charge in [0.2, 0.25) is 5.91 Å². The smallest absolute Gasteiger partial charge is 0.255 e. The van der Waals surface area contributed by atoms with Gasteiger partial charge in [0, 0.05) is 42.3 Å². The summed E-state index contributed by atoms with van der Waals surface area (Å²) in [6, 6.07) is 17.6. The predicted octanol–water partition coefficient (Wildman–Crippen LogP) is 3.23. The Bertz CT molecular complexity index is 1010. The lowest BCUT2D eigenvalue weighted by Crippen LogP contribution is -2.28. The van der Waals surface area contributed by atoms with Crippen molar-refractivity contribution in [3.05, 3.63) is 76.7 Å². The van der Waals surface area contributed by atoms with Crippen LogP contribution in [0.3, 0.4) is 0 Å². The van der Waals surface area contributed by atoms with Crippen LogP contribution in [-0.4, -0.2) is 28.9 Å². The van der Waals surface area contributed by atoms with Gasteiger partial charge < -0.3 is 10.3 Å². The molecule has 4 rings (SSSR count). The van der Waals surface area contributed by atoms with Gasteiger partial charge in [-0.2, -0.15) is 0 Å². The van der Waals surface area contributed by atoms with Gasteiger partial charge in [0.25, 0.3) is 5.56 Å². The first-order chi connectivity index (χ1) is 13.1. The number of carbonyl (C=O) groups excluding carboxylic acids is 1. The third-order valence-corrected chi connectivity index (χ3v) is 5.35. The zero-order valence-corrected chi connectivity index (χ0v) is 15.3. The molecule has 1 aliphatic rings. The second kappa shape index (κ2) is 7.37. The molecule has 0 saturated carbocycles. The van der Waals surface area contributed by atoms with Crippen molar-refractivity contribution in [2.45, 2.75) is 13.5 Å². The van der Waals surface area contributed by atoms with Crippen LogP contribution in [0, 0.1) is 11.8 Å². The summed E-state index contributed by atoms with van der Waals surface area (Å²) in [5.74, 6) is 0.240. The molecule has 1 aliphatic heterocycles. The minimum Gasteiger partial charge on any atom is -0.329 e. The van der Waals surface area contributed by atoms with E-state index in [1.807, 2.05) is 30.3 Å². The van der Waals surface area contributed by atoms with Crippen LogP contribution in [0.25, 0.3) is 10.8 Å². The summed E-state index contributed by atoms with van der Waals surface area (Å²) in [6.07, 6.45) is 1.61. The first-order valence-corrected chi connectivity index (χ1v) is 9.29. The number of pyridine rings is 1. The third-order valence-electron chi connectivity index (χ3n) is 5.35. The number of nitrogens with zero attached hydrogens (tertiary/aromatic N) is 1. The van der Waals surface area contributed by atoms with Crippen molar-refractivity contribution in [1.29, 1.82) is 0 Å². The minimum absolute atomic E-state index is 0.0193. The van der Waals surface area contributed by atoms with Gasteiger partial charge >= 0.3 is 0 Å². The van der Waals surface area contributed by atoms with E-state index in [0.29, 0.717) is 11.1 Å². The van der Waals surface area contributed by atoms with E-state index in [-0.39, 0.29) is 23.3 Å².